The first kappa shape index (κ1) is 16.6. The van der Waals surface area contributed by atoms with Crippen LogP contribution in [0, 0.1) is 0 Å². The average molecular weight is 328 g/mol. The van der Waals surface area contributed by atoms with E-state index >= 15 is 0 Å². The number of ether oxygens (including phenoxy) is 2. The minimum absolute atomic E-state index is 0.0298. The van der Waals surface area contributed by atoms with E-state index < -0.39 is 0 Å². The molecule has 0 spiro atoms. The van der Waals surface area contributed by atoms with Crippen molar-refractivity contribution in [2.75, 3.05) is 20.8 Å². The van der Waals surface area contributed by atoms with Crippen LogP contribution in [0.3, 0.4) is 0 Å². The maximum Gasteiger partial charge on any atom is 0.250 e. The predicted octanol–water partition coefficient (Wildman–Crippen LogP) is 2.74. The topological polar surface area (TPSA) is 43.7 Å². The van der Waals surface area contributed by atoms with Crippen molar-refractivity contribution in [1.29, 1.82) is 0 Å². The van der Waals surface area contributed by atoms with E-state index in [1.807, 2.05) is 24.4 Å². The summed E-state index contributed by atoms with van der Waals surface area (Å²) in [7, 11) is 5.15. The van der Waals surface area contributed by atoms with Gasteiger partial charge in [0.05, 0.1) is 14.2 Å². The summed E-state index contributed by atoms with van der Waals surface area (Å²) in [6.45, 7) is 1.78. The number of likely N-dealkylation sites (tertiary alicyclic amines) is 1. The fourth-order valence-electron chi connectivity index (χ4n) is 3.39. The molecule has 3 rings (SSSR count). The highest BCUT2D eigenvalue weighted by Gasteiger charge is 2.28. The lowest BCUT2D eigenvalue weighted by Gasteiger charge is -2.26. The van der Waals surface area contributed by atoms with Crippen LogP contribution in [0.25, 0.3) is 0 Å². The van der Waals surface area contributed by atoms with Crippen LogP contribution in [-0.2, 0) is 13.6 Å². The second-order valence-corrected chi connectivity index (χ2v) is 6.22. The molecule has 5 nitrogen and oxygen atoms in total. The minimum Gasteiger partial charge on any atom is -0.497 e. The smallest absolute Gasteiger partial charge is 0.250 e. The molecule has 0 N–H and O–H groups in total. The highest BCUT2D eigenvalue weighted by Crippen LogP contribution is 2.39. The van der Waals surface area contributed by atoms with E-state index in [1.165, 1.54) is 0 Å². The van der Waals surface area contributed by atoms with Crippen molar-refractivity contribution in [3.05, 3.63) is 58.0 Å². The molecule has 24 heavy (non-hydrogen) atoms. The van der Waals surface area contributed by atoms with Crippen LogP contribution in [-0.4, -0.2) is 30.2 Å². The maximum absolute atomic E-state index is 11.9. The lowest BCUT2D eigenvalue weighted by atomic mass is 10.0. The molecular weight excluding hydrogens is 304 g/mol. The SMILES string of the molecule is COc1ccc(OC)c([C@H]2CCCN2Cc2ccn(C)c(=O)c2)c1. The van der Waals surface area contributed by atoms with Crippen molar-refractivity contribution >= 4 is 0 Å². The molecule has 1 fully saturated rings. The monoisotopic (exact) mass is 328 g/mol. The van der Waals surface area contributed by atoms with Gasteiger partial charge in [-0.05, 0) is 49.2 Å². The van der Waals surface area contributed by atoms with Crippen LogP contribution in [0.5, 0.6) is 11.5 Å². The molecule has 0 unspecified atom stereocenters. The third-order valence-electron chi connectivity index (χ3n) is 4.71. The molecular formula is C19H24N2O3. The Hall–Kier alpha value is -2.27. The van der Waals surface area contributed by atoms with Gasteiger partial charge in [0.25, 0.3) is 5.56 Å². The van der Waals surface area contributed by atoms with Gasteiger partial charge in [0.2, 0.25) is 0 Å². The summed E-state index contributed by atoms with van der Waals surface area (Å²) in [5.41, 5.74) is 2.23. The third kappa shape index (κ3) is 3.31. The van der Waals surface area contributed by atoms with Gasteiger partial charge in [0.15, 0.2) is 0 Å². The number of nitrogens with zero attached hydrogens (tertiary/aromatic N) is 2. The van der Waals surface area contributed by atoms with Gasteiger partial charge >= 0.3 is 0 Å². The van der Waals surface area contributed by atoms with Crippen LogP contribution < -0.4 is 15.0 Å². The number of aryl methyl sites for hydroxylation is 1. The number of hydrogen-bond donors (Lipinski definition) is 0. The summed E-state index contributed by atoms with van der Waals surface area (Å²) in [6.07, 6.45) is 4.04. The molecule has 1 atom stereocenters. The normalized spacial score (nSPS) is 17.9. The number of benzene rings is 1. The molecule has 1 aromatic heterocycles. The third-order valence-corrected chi connectivity index (χ3v) is 4.71. The Morgan fingerprint density at radius 3 is 2.71 bits per heavy atom. The zero-order chi connectivity index (χ0) is 17.1. The summed E-state index contributed by atoms with van der Waals surface area (Å²) in [5, 5.41) is 0. The van der Waals surface area contributed by atoms with Gasteiger partial charge < -0.3 is 14.0 Å². The lowest BCUT2D eigenvalue weighted by molar-refractivity contribution is 0.242. The van der Waals surface area contributed by atoms with Gasteiger partial charge in [-0.15, -0.1) is 0 Å². The Kier molecular flexibility index (Phi) is 4.90. The van der Waals surface area contributed by atoms with Gasteiger partial charge in [-0.2, -0.15) is 0 Å². The number of pyridine rings is 1. The zero-order valence-corrected chi connectivity index (χ0v) is 14.5. The fourth-order valence-corrected chi connectivity index (χ4v) is 3.39. The lowest BCUT2D eigenvalue weighted by Crippen LogP contribution is -2.25. The van der Waals surface area contributed by atoms with E-state index in [2.05, 4.69) is 11.0 Å². The summed E-state index contributed by atoms with van der Waals surface area (Å²) in [4.78, 5) is 14.3. The number of rotatable bonds is 5. The number of aromatic nitrogens is 1. The Bertz CT molecular complexity index is 769. The van der Waals surface area contributed by atoms with Crippen LogP contribution in [0.4, 0.5) is 0 Å². The van der Waals surface area contributed by atoms with Gasteiger partial charge in [-0.25, -0.2) is 0 Å². The first-order valence-corrected chi connectivity index (χ1v) is 8.24. The van der Waals surface area contributed by atoms with Gasteiger partial charge in [0, 0.05) is 37.5 Å². The standard InChI is InChI=1S/C19H24N2O3/c1-20-10-8-14(11-19(20)22)13-21-9-4-5-17(21)16-12-15(23-2)6-7-18(16)24-3/h6-8,10-12,17H,4-5,9,13H2,1-3H3/t17-/m1/s1. The highest BCUT2D eigenvalue weighted by atomic mass is 16.5. The molecule has 2 heterocycles. The Morgan fingerprint density at radius 2 is 2.00 bits per heavy atom. The summed E-state index contributed by atoms with van der Waals surface area (Å²) in [6, 6.07) is 9.95. The predicted molar refractivity (Wildman–Crippen MR) is 93.6 cm³/mol. The molecule has 0 aliphatic carbocycles. The molecule has 128 valence electrons. The van der Waals surface area contributed by atoms with E-state index in [1.54, 1.807) is 31.9 Å². The van der Waals surface area contributed by atoms with Crippen molar-refractivity contribution in [1.82, 2.24) is 9.47 Å². The van der Waals surface area contributed by atoms with Crippen LogP contribution in [0.15, 0.2) is 41.3 Å². The summed E-state index contributed by atoms with van der Waals surface area (Å²) in [5.74, 6) is 1.72. The molecule has 1 aliphatic heterocycles. The zero-order valence-electron chi connectivity index (χ0n) is 14.5. The first-order valence-electron chi connectivity index (χ1n) is 8.24. The first-order chi connectivity index (χ1) is 11.6. The summed E-state index contributed by atoms with van der Waals surface area (Å²) < 4.78 is 12.5. The van der Waals surface area contributed by atoms with Crippen molar-refractivity contribution < 1.29 is 9.47 Å². The van der Waals surface area contributed by atoms with Crippen LogP contribution in [0.1, 0.15) is 30.0 Å². The van der Waals surface area contributed by atoms with E-state index in [9.17, 15) is 4.79 Å². The van der Waals surface area contributed by atoms with Gasteiger partial charge in [-0.3, -0.25) is 9.69 Å². The Balaban J connectivity index is 1.87. The van der Waals surface area contributed by atoms with Gasteiger partial charge in [-0.1, -0.05) is 0 Å². The second-order valence-electron chi connectivity index (χ2n) is 6.22. The van der Waals surface area contributed by atoms with E-state index in [0.717, 1.165) is 48.6 Å². The molecule has 0 amide bonds. The Morgan fingerprint density at radius 1 is 1.17 bits per heavy atom. The quantitative estimate of drug-likeness (QED) is 0.846. The number of methoxy groups -OCH3 is 2. The highest BCUT2D eigenvalue weighted by molar-refractivity contribution is 5.42. The molecule has 2 aromatic rings. The van der Waals surface area contributed by atoms with E-state index in [4.69, 9.17) is 9.47 Å². The van der Waals surface area contributed by atoms with Crippen molar-refractivity contribution in [2.24, 2.45) is 7.05 Å². The molecule has 0 bridgehead atoms. The molecule has 1 aliphatic rings. The molecule has 1 saturated heterocycles. The Labute approximate surface area is 142 Å². The second kappa shape index (κ2) is 7.09. The largest absolute Gasteiger partial charge is 0.497 e. The molecule has 1 aromatic carbocycles. The van der Waals surface area contributed by atoms with Crippen molar-refractivity contribution in [3.63, 3.8) is 0 Å². The number of hydrogen-bond acceptors (Lipinski definition) is 4. The van der Waals surface area contributed by atoms with Crippen molar-refractivity contribution in [3.8, 4) is 11.5 Å². The van der Waals surface area contributed by atoms with E-state index in [0.29, 0.717) is 0 Å². The minimum atomic E-state index is 0.0298. The summed E-state index contributed by atoms with van der Waals surface area (Å²) >= 11 is 0. The van der Waals surface area contributed by atoms with Crippen LogP contribution in [0.2, 0.25) is 0 Å². The maximum atomic E-state index is 11.9. The fraction of sp³-hybridized carbons (Fsp3) is 0.421. The van der Waals surface area contributed by atoms with Crippen LogP contribution >= 0.6 is 0 Å². The molecule has 0 saturated carbocycles. The van der Waals surface area contributed by atoms with E-state index in [-0.39, 0.29) is 11.6 Å². The van der Waals surface area contributed by atoms with Gasteiger partial charge in [0.1, 0.15) is 11.5 Å². The molecule has 0 radical (unpaired) electrons. The van der Waals surface area contributed by atoms with Crippen molar-refractivity contribution in [2.45, 2.75) is 25.4 Å². The molecule has 5 heteroatoms. The average Bonchev–Trinajstić information content (AvgIpc) is 3.05.